The quantitative estimate of drug-likeness (QED) is 0.107. The standard InChI is InChI=1S/C106H73N3/c1-105(2)98-32-18-15-29-90(98)92-63-60-88(68-100(92)105)108(89-61-64-93-91-30-16-19-33-99(91)106(101(93)69-89,82-25-11-5-12-26-82)83-27-13-6-14-28-83)87-56-47-77(48-57-87)74-37-35-72(36-38-74)73-39-41-78(42-40-73)80-51-62-95-97-66-81(65-96-94-31-17-20-34-102(94)109(104(96)97)103(95)67-80)79-49-58-86(59-50-79)107(84-52-43-75(44-53-84)70-21-7-3-8-22-70)85-54-45-76(46-55-85)71-23-9-4-10-24-71/h3-69H,1-2H3. The van der Waals surface area contributed by atoms with Crippen molar-refractivity contribution in [3.63, 3.8) is 0 Å². The molecule has 0 radical (unpaired) electrons. The Kier molecular flexibility index (Phi) is 14.8. The monoisotopic (exact) mass is 1390 g/mol. The Bertz CT molecular complexity index is 6540. The summed E-state index contributed by atoms with van der Waals surface area (Å²) in [5.74, 6) is 0. The van der Waals surface area contributed by atoms with E-state index in [0.29, 0.717) is 0 Å². The second-order valence-corrected chi connectivity index (χ2v) is 29.9. The molecule has 0 amide bonds. The highest BCUT2D eigenvalue weighted by Crippen LogP contribution is 2.58. The van der Waals surface area contributed by atoms with Crippen LogP contribution in [0.2, 0.25) is 0 Å². The molecule has 0 unspecified atom stereocenters. The van der Waals surface area contributed by atoms with Crippen LogP contribution in [0.5, 0.6) is 0 Å². The zero-order valence-electron chi connectivity index (χ0n) is 60.5. The Balaban J connectivity index is 0.582. The fraction of sp³-hybridized carbons (Fsp3) is 0.0377. The van der Waals surface area contributed by atoms with Gasteiger partial charge in [0.15, 0.2) is 0 Å². The number of aromatic nitrogens is 1. The number of rotatable bonds is 14. The lowest BCUT2D eigenvalue weighted by Crippen LogP contribution is -2.28. The predicted molar refractivity (Wildman–Crippen MR) is 458 cm³/mol. The molecule has 21 rings (SSSR count). The summed E-state index contributed by atoms with van der Waals surface area (Å²) in [5.41, 5.74) is 36.8. The molecule has 0 saturated heterocycles. The molecule has 2 aromatic heterocycles. The van der Waals surface area contributed by atoms with Crippen molar-refractivity contribution in [1.29, 1.82) is 0 Å². The van der Waals surface area contributed by atoms with E-state index in [2.05, 4.69) is 434 Å². The molecular formula is C106H73N3. The highest BCUT2D eigenvalue weighted by atomic mass is 15.1. The van der Waals surface area contributed by atoms with Gasteiger partial charge in [-0.2, -0.15) is 0 Å². The van der Waals surface area contributed by atoms with Gasteiger partial charge < -0.3 is 14.2 Å². The first-order valence-electron chi connectivity index (χ1n) is 37.9. The lowest BCUT2D eigenvalue weighted by Gasteiger charge is -2.35. The van der Waals surface area contributed by atoms with Crippen LogP contribution in [0.4, 0.5) is 34.1 Å². The van der Waals surface area contributed by atoms with E-state index in [9.17, 15) is 0 Å². The number of hydrogen-bond acceptors (Lipinski definition) is 2. The summed E-state index contributed by atoms with van der Waals surface area (Å²) in [7, 11) is 0. The number of hydrogen-bond donors (Lipinski definition) is 0. The fourth-order valence-electron chi connectivity index (χ4n) is 18.3. The molecule has 3 nitrogen and oxygen atoms in total. The molecule has 0 atom stereocenters. The molecule has 19 aromatic rings. The summed E-state index contributed by atoms with van der Waals surface area (Å²) in [6.07, 6.45) is 0. The van der Waals surface area contributed by atoms with Crippen LogP contribution >= 0.6 is 0 Å². The topological polar surface area (TPSA) is 10.9 Å². The van der Waals surface area contributed by atoms with Crippen molar-refractivity contribution in [1.82, 2.24) is 4.40 Å². The molecule has 0 N–H and O–H groups in total. The summed E-state index contributed by atoms with van der Waals surface area (Å²) in [5, 5.41) is 5.02. The van der Waals surface area contributed by atoms with Crippen molar-refractivity contribution >= 4 is 72.2 Å². The molecule has 2 aliphatic rings. The smallest absolute Gasteiger partial charge is 0.0714 e. The van der Waals surface area contributed by atoms with E-state index in [1.54, 1.807) is 0 Å². The van der Waals surface area contributed by atoms with Gasteiger partial charge in [0.2, 0.25) is 0 Å². The van der Waals surface area contributed by atoms with Crippen LogP contribution in [-0.4, -0.2) is 4.40 Å². The van der Waals surface area contributed by atoms with Crippen molar-refractivity contribution in [3.05, 3.63) is 440 Å². The zero-order chi connectivity index (χ0) is 72.3. The number of anilines is 6. The second-order valence-electron chi connectivity index (χ2n) is 29.9. The van der Waals surface area contributed by atoms with E-state index in [-0.39, 0.29) is 5.41 Å². The third-order valence-corrected chi connectivity index (χ3v) is 23.6. The minimum Gasteiger partial charge on any atom is -0.311 e. The molecular weight excluding hydrogens is 1320 g/mol. The maximum atomic E-state index is 2.50. The van der Waals surface area contributed by atoms with Crippen LogP contribution in [0.1, 0.15) is 47.2 Å². The Morgan fingerprint density at radius 1 is 0.202 bits per heavy atom. The van der Waals surface area contributed by atoms with Gasteiger partial charge in [-0.05, 0) is 219 Å². The molecule has 0 saturated carbocycles. The summed E-state index contributed by atoms with van der Waals surface area (Å²) in [6, 6.07) is 151. The molecule has 109 heavy (non-hydrogen) atoms. The van der Waals surface area contributed by atoms with E-state index >= 15 is 0 Å². The van der Waals surface area contributed by atoms with Crippen LogP contribution < -0.4 is 9.80 Å². The Hall–Kier alpha value is -13.9. The molecule has 0 aliphatic heterocycles. The van der Waals surface area contributed by atoms with E-state index in [1.165, 1.54) is 155 Å². The summed E-state index contributed by atoms with van der Waals surface area (Å²) in [4.78, 5) is 4.84. The summed E-state index contributed by atoms with van der Waals surface area (Å²) in [6.45, 7) is 4.75. The normalized spacial score (nSPS) is 13.0. The van der Waals surface area contributed by atoms with Gasteiger partial charge in [0.25, 0.3) is 0 Å². The first-order chi connectivity index (χ1) is 53.8. The van der Waals surface area contributed by atoms with Crippen LogP contribution in [0.3, 0.4) is 0 Å². The van der Waals surface area contributed by atoms with Gasteiger partial charge in [-0.25, -0.2) is 0 Å². The number of nitrogens with zero attached hydrogens (tertiary/aromatic N) is 3. The number of para-hydroxylation sites is 1. The van der Waals surface area contributed by atoms with E-state index in [1.807, 2.05) is 0 Å². The first-order valence-corrected chi connectivity index (χ1v) is 37.9. The molecule has 0 spiro atoms. The number of benzene rings is 17. The maximum absolute atomic E-state index is 2.50. The van der Waals surface area contributed by atoms with Gasteiger partial charge in [0, 0.05) is 61.1 Å². The Morgan fingerprint density at radius 3 is 1.01 bits per heavy atom. The lowest BCUT2D eigenvalue weighted by atomic mass is 9.67. The molecule has 512 valence electrons. The predicted octanol–water partition coefficient (Wildman–Crippen LogP) is 28.4. The van der Waals surface area contributed by atoms with Crippen LogP contribution in [-0.2, 0) is 10.8 Å². The average molecular weight is 1390 g/mol. The second kappa shape index (κ2) is 25.4. The lowest BCUT2D eigenvalue weighted by molar-refractivity contribution is 0.660. The van der Waals surface area contributed by atoms with Gasteiger partial charge in [-0.1, -0.05) is 323 Å². The number of fused-ring (bicyclic) bond motifs is 12. The Labute approximate surface area is 635 Å². The van der Waals surface area contributed by atoms with Crippen molar-refractivity contribution < 1.29 is 0 Å². The average Bonchev–Trinajstić information content (AvgIpc) is 1.55. The molecule has 3 heteroatoms. The SMILES string of the molecule is CC1(C)c2ccccc2-c2ccc(N(c3ccc(-c4ccc(-c5ccc(-c6ccc7c8cc(-c9ccc(N(c%10ccc(-c%11ccccc%11)cc%10)c%10ccc(-c%11ccccc%11)cc%10)cc9)cc9c%10ccccc%10n(c7c6)c98)cc5)cc4)cc3)c3ccc4c(c3)C(c3ccccc3)(c3ccccc3)c3ccccc3-4)cc21. The van der Waals surface area contributed by atoms with Crippen LogP contribution in [0.15, 0.2) is 406 Å². The fourth-order valence-corrected chi connectivity index (χ4v) is 18.3. The van der Waals surface area contributed by atoms with Crippen molar-refractivity contribution in [2.75, 3.05) is 9.80 Å². The maximum Gasteiger partial charge on any atom is 0.0714 e. The third-order valence-electron chi connectivity index (χ3n) is 23.6. The van der Waals surface area contributed by atoms with Gasteiger partial charge in [0.1, 0.15) is 0 Å². The minimum atomic E-state index is -0.536. The molecule has 17 aromatic carbocycles. The summed E-state index contributed by atoms with van der Waals surface area (Å²) < 4.78 is 2.50. The van der Waals surface area contributed by atoms with Crippen LogP contribution in [0, 0.1) is 0 Å². The van der Waals surface area contributed by atoms with E-state index in [0.717, 1.165) is 39.7 Å². The van der Waals surface area contributed by atoms with Crippen molar-refractivity contribution in [3.8, 4) is 89.0 Å². The summed E-state index contributed by atoms with van der Waals surface area (Å²) >= 11 is 0. The van der Waals surface area contributed by atoms with Gasteiger partial charge in [0.05, 0.1) is 22.0 Å². The third kappa shape index (κ3) is 10.3. The minimum absolute atomic E-state index is 0.170. The van der Waals surface area contributed by atoms with Gasteiger partial charge >= 0.3 is 0 Å². The zero-order valence-corrected chi connectivity index (χ0v) is 60.5. The highest BCUT2D eigenvalue weighted by molar-refractivity contribution is 6.25. The molecule has 2 heterocycles. The van der Waals surface area contributed by atoms with Gasteiger partial charge in [-0.3, -0.25) is 0 Å². The van der Waals surface area contributed by atoms with E-state index in [4.69, 9.17) is 0 Å². The molecule has 0 fully saturated rings. The first kappa shape index (κ1) is 63.6. The van der Waals surface area contributed by atoms with E-state index < -0.39 is 5.41 Å². The van der Waals surface area contributed by atoms with Crippen molar-refractivity contribution in [2.45, 2.75) is 24.7 Å². The molecule has 0 bridgehead atoms. The van der Waals surface area contributed by atoms with Gasteiger partial charge in [-0.15, -0.1) is 0 Å². The van der Waals surface area contributed by atoms with Crippen LogP contribution in [0.25, 0.3) is 127 Å². The highest BCUT2D eigenvalue weighted by Gasteiger charge is 2.46. The molecule has 2 aliphatic carbocycles. The van der Waals surface area contributed by atoms with Crippen molar-refractivity contribution in [2.24, 2.45) is 0 Å². The largest absolute Gasteiger partial charge is 0.311 e. The Morgan fingerprint density at radius 2 is 0.523 bits per heavy atom.